The Kier molecular flexibility index (Phi) is 3.21. The Morgan fingerprint density at radius 3 is 2.00 bits per heavy atom. The maximum absolute atomic E-state index is 12.9. The van der Waals surface area contributed by atoms with Crippen LogP contribution in [0.15, 0.2) is 0 Å². The van der Waals surface area contributed by atoms with Gasteiger partial charge in [0.1, 0.15) is 6.34 Å². The van der Waals surface area contributed by atoms with Crippen LogP contribution in [0, 0.1) is 5.92 Å². The molecule has 1 fully saturated rings. The molecule has 0 unspecified atom stereocenters. The predicted molar refractivity (Wildman–Crippen MR) is 67.7 cm³/mol. The molecule has 0 radical (unpaired) electrons. The van der Waals surface area contributed by atoms with Gasteiger partial charge in [-0.15, -0.1) is 0 Å². The van der Waals surface area contributed by atoms with Crippen molar-refractivity contribution in [2.75, 3.05) is 5.75 Å². The van der Waals surface area contributed by atoms with E-state index in [1.807, 2.05) is 0 Å². The normalized spacial score (nSPS) is 39.1. The maximum Gasteiger partial charge on any atom is 0.150 e. The predicted octanol–water partition coefficient (Wildman–Crippen LogP) is 4.61. The smallest absolute Gasteiger partial charge is 0.150 e. The summed E-state index contributed by atoms with van der Waals surface area (Å²) < 4.78 is 12.9. The molecule has 1 heterocycles. The van der Waals surface area contributed by atoms with E-state index in [2.05, 4.69) is 41.5 Å². The van der Waals surface area contributed by atoms with Gasteiger partial charge in [0.25, 0.3) is 0 Å². The van der Waals surface area contributed by atoms with Crippen molar-refractivity contribution < 1.29 is 4.57 Å². The minimum Gasteiger partial charge on any atom is -0.311 e. The SMILES string of the molecule is CCCSP1(=O)C(C)(C)C(C)C1(C)C. The highest BCUT2D eigenvalue weighted by Gasteiger charge is 2.67. The quantitative estimate of drug-likeness (QED) is 0.663. The lowest BCUT2D eigenvalue weighted by Crippen LogP contribution is -2.56. The van der Waals surface area contributed by atoms with Crippen LogP contribution in [-0.4, -0.2) is 16.1 Å². The van der Waals surface area contributed by atoms with E-state index in [1.165, 1.54) is 0 Å². The van der Waals surface area contributed by atoms with Crippen molar-refractivity contribution in [2.45, 2.75) is 58.3 Å². The van der Waals surface area contributed by atoms with Gasteiger partial charge in [0.05, 0.1) is 0 Å². The van der Waals surface area contributed by atoms with Gasteiger partial charge < -0.3 is 4.57 Å². The van der Waals surface area contributed by atoms with E-state index < -0.39 is 6.34 Å². The molecule has 0 aromatic rings. The van der Waals surface area contributed by atoms with Gasteiger partial charge >= 0.3 is 0 Å². The molecule has 1 rings (SSSR count). The van der Waals surface area contributed by atoms with Crippen LogP contribution in [0.3, 0.4) is 0 Å². The first-order valence-electron chi connectivity index (χ1n) is 5.46. The van der Waals surface area contributed by atoms with E-state index in [0.29, 0.717) is 5.92 Å². The lowest BCUT2D eigenvalue weighted by atomic mass is 9.83. The van der Waals surface area contributed by atoms with Crippen LogP contribution in [0.1, 0.15) is 48.0 Å². The molecule has 1 aliphatic rings. The number of hydrogen-bond acceptors (Lipinski definition) is 2. The Balaban J connectivity index is 2.91. The van der Waals surface area contributed by atoms with Crippen molar-refractivity contribution in [1.29, 1.82) is 0 Å². The molecule has 0 N–H and O–H groups in total. The van der Waals surface area contributed by atoms with Crippen LogP contribution in [0.4, 0.5) is 0 Å². The Bertz CT molecular complexity index is 250. The van der Waals surface area contributed by atoms with Gasteiger partial charge in [-0.05, 0) is 12.3 Å². The first-order chi connectivity index (χ1) is 6.22. The summed E-state index contributed by atoms with van der Waals surface area (Å²) in [6.45, 7) is 13.1. The van der Waals surface area contributed by atoms with E-state index in [1.54, 1.807) is 11.4 Å². The first-order valence-corrected chi connectivity index (χ1v) is 8.76. The molecule has 0 aliphatic carbocycles. The number of hydrogen-bond donors (Lipinski definition) is 0. The van der Waals surface area contributed by atoms with E-state index in [9.17, 15) is 4.57 Å². The van der Waals surface area contributed by atoms with Gasteiger partial charge in [-0.3, -0.25) is 0 Å². The van der Waals surface area contributed by atoms with Crippen molar-refractivity contribution in [3.05, 3.63) is 0 Å². The van der Waals surface area contributed by atoms with Gasteiger partial charge in [0, 0.05) is 16.1 Å². The fourth-order valence-electron chi connectivity index (χ4n) is 2.60. The van der Waals surface area contributed by atoms with Crippen molar-refractivity contribution in [3.63, 3.8) is 0 Å². The lowest BCUT2D eigenvalue weighted by molar-refractivity contribution is 0.280. The molecule has 0 bridgehead atoms. The van der Waals surface area contributed by atoms with Crippen molar-refractivity contribution in [3.8, 4) is 0 Å². The monoisotopic (exact) mass is 234 g/mol. The minimum atomic E-state index is -2.05. The molecule has 14 heavy (non-hydrogen) atoms. The molecule has 0 saturated carbocycles. The summed E-state index contributed by atoms with van der Waals surface area (Å²) in [5.41, 5.74) is 0. The van der Waals surface area contributed by atoms with Crippen LogP contribution in [0.5, 0.6) is 0 Å². The van der Waals surface area contributed by atoms with E-state index in [0.717, 1.165) is 12.2 Å². The molecule has 1 nitrogen and oxygen atoms in total. The van der Waals surface area contributed by atoms with E-state index in [-0.39, 0.29) is 10.3 Å². The molecule has 3 heteroatoms. The third-order valence-electron chi connectivity index (χ3n) is 4.11. The largest absolute Gasteiger partial charge is 0.311 e. The highest BCUT2D eigenvalue weighted by Crippen LogP contribution is 2.87. The average Bonchev–Trinajstić information content (AvgIpc) is 2.11. The van der Waals surface area contributed by atoms with E-state index in [4.69, 9.17) is 0 Å². The summed E-state index contributed by atoms with van der Waals surface area (Å²) in [7, 11) is 0. The fourth-order valence-corrected chi connectivity index (χ4v) is 10.9. The van der Waals surface area contributed by atoms with Crippen LogP contribution in [0.2, 0.25) is 0 Å². The molecule has 0 aromatic carbocycles. The maximum atomic E-state index is 12.9. The molecular formula is C11H23OPS. The third kappa shape index (κ3) is 1.33. The van der Waals surface area contributed by atoms with Gasteiger partial charge in [0.2, 0.25) is 0 Å². The second-order valence-corrected chi connectivity index (χ2v) is 11.8. The van der Waals surface area contributed by atoms with Gasteiger partial charge in [-0.25, -0.2) is 0 Å². The van der Waals surface area contributed by atoms with Gasteiger partial charge in [0.15, 0.2) is 0 Å². The Morgan fingerprint density at radius 1 is 1.21 bits per heavy atom. The van der Waals surface area contributed by atoms with E-state index >= 15 is 0 Å². The van der Waals surface area contributed by atoms with Crippen LogP contribution in [-0.2, 0) is 4.57 Å². The van der Waals surface area contributed by atoms with Crippen molar-refractivity contribution in [1.82, 2.24) is 0 Å². The summed E-state index contributed by atoms with van der Waals surface area (Å²) in [6.07, 6.45) is -0.934. The molecule has 1 saturated heterocycles. The van der Waals surface area contributed by atoms with Crippen molar-refractivity contribution in [2.24, 2.45) is 5.92 Å². The third-order valence-corrected chi connectivity index (χ3v) is 13.3. The fraction of sp³-hybridized carbons (Fsp3) is 1.00. The summed E-state index contributed by atoms with van der Waals surface area (Å²) in [5.74, 6) is 1.60. The van der Waals surface area contributed by atoms with Gasteiger partial charge in [-0.1, -0.05) is 52.9 Å². The average molecular weight is 234 g/mol. The Morgan fingerprint density at radius 2 is 1.64 bits per heavy atom. The molecular weight excluding hydrogens is 211 g/mol. The highest BCUT2D eigenvalue weighted by molar-refractivity contribution is 8.59. The van der Waals surface area contributed by atoms with Crippen molar-refractivity contribution >= 4 is 17.7 Å². The second kappa shape index (κ2) is 3.56. The Hall–Kier alpha value is 0.580. The molecule has 0 aromatic heterocycles. The van der Waals surface area contributed by atoms with Crippen LogP contribution < -0.4 is 0 Å². The standard InChI is InChI=1S/C11H23OPS/c1-7-8-14-13(12)10(3,4)9(2)11(13,5)6/h9H,7-8H2,1-6H3. The summed E-state index contributed by atoms with van der Waals surface area (Å²) in [4.78, 5) is 0. The van der Waals surface area contributed by atoms with Crippen LogP contribution >= 0.6 is 17.7 Å². The molecule has 84 valence electrons. The Labute approximate surface area is 92.5 Å². The second-order valence-electron chi connectivity index (χ2n) is 5.41. The summed E-state index contributed by atoms with van der Waals surface area (Å²) in [5, 5.41) is 0.0761. The minimum absolute atomic E-state index is 0.0380. The molecule has 0 amide bonds. The number of rotatable bonds is 3. The zero-order valence-corrected chi connectivity index (χ0v) is 12.0. The molecule has 0 spiro atoms. The van der Waals surface area contributed by atoms with Gasteiger partial charge in [-0.2, -0.15) is 0 Å². The molecule has 1 aliphatic heterocycles. The zero-order valence-electron chi connectivity index (χ0n) is 10.3. The highest BCUT2D eigenvalue weighted by atomic mass is 32.7. The molecule has 0 atom stereocenters. The topological polar surface area (TPSA) is 17.1 Å². The lowest BCUT2D eigenvalue weighted by Gasteiger charge is -2.62. The first kappa shape index (κ1) is 12.6. The summed E-state index contributed by atoms with van der Waals surface area (Å²) >= 11 is 1.74. The van der Waals surface area contributed by atoms with Crippen LogP contribution in [0.25, 0.3) is 0 Å². The summed E-state index contributed by atoms with van der Waals surface area (Å²) in [6, 6.07) is 0. The zero-order chi connectivity index (χ0) is 11.2.